The van der Waals surface area contributed by atoms with Gasteiger partial charge in [-0.15, -0.1) is 11.6 Å². The van der Waals surface area contributed by atoms with Gasteiger partial charge in [-0.1, -0.05) is 76.2 Å². The molecule has 0 bridgehead atoms. The van der Waals surface area contributed by atoms with E-state index >= 15 is 0 Å². The average Bonchev–Trinajstić information content (AvgIpc) is 2.13. The smallest absolute Gasteiger partial charge is 0.0945 e. The molecular weight excluding hydrogens is 295 g/mol. The van der Waals surface area contributed by atoms with Gasteiger partial charge in [-0.05, 0) is 45.4 Å². The van der Waals surface area contributed by atoms with Crippen LogP contribution >= 0.6 is 11.6 Å². The van der Waals surface area contributed by atoms with Crippen molar-refractivity contribution in [1.29, 1.82) is 0 Å². The van der Waals surface area contributed by atoms with Crippen LogP contribution in [-0.4, -0.2) is 11.5 Å². The molecule has 0 fully saturated rings. The largest absolute Gasteiger partial charge is 0.248 e. The van der Waals surface area contributed by atoms with Crippen molar-refractivity contribution < 1.29 is 4.39 Å². The zero-order valence-corrected chi connectivity index (χ0v) is 18.1. The Morgan fingerprint density at radius 3 is 0.727 bits per heavy atom. The standard InChI is InChI=1S/C5H12.2C4H10.C3H7Cl.C3H7F.CH4/c1-4-5(2)3;2*1-4(2)3;2*1-3(2)4;/h5H,4H2,1-3H3;2*4H,1-3H3;2*3H,1-2H3;1H4. The molecule has 0 aromatic carbocycles. The fourth-order valence-electron chi connectivity index (χ4n) is 0. The predicted octanol–water partition coefficient (Wildman–Crippen LogP) is 9.01. The first-order valence-corrected chi connectivity index (χ1v) is 8.92. The summed E-state index contributed by atoms with van der Waals surface area (Å²) in [4.78, 5) is 0. The third-order valence-electron chi connectivity index (χ3n) is 0.816. The SMILES string of the molecule is C.CC(C)C.CC(C)C.CC(C)Cl.CC(C)F.CCC(C)C. The number of hydrogen-bond donors (Lipinski definition) is 0. The molecule has 0 aliphatic rings. The van der Waals surface area contributed by atoms with Crippen LogP contribution in [0.1, 0.15) is 104 Å². The van der Waals surface area contributed by atoms with Gasteiger partial charge in [0.05, 0.1) is 6.17 Å². The Morgan fingerprint density at radius 2 is 0.727 bits per heavy atom. The van der Waals surface area contributed by atoms with Crippen molar-refractivity contribution in [2.24, 2.45) is 17.8 Å². The van der Waals surface area contributed by atoms with E-state index in [9.17, 15) is 4.39 Å². The molecule has 22 heavy (non-hydrogen) atoms. The molecule has 144 valence electrons. The van der Waals surface area contributed by atoms with Gasteiger partial charge in [-0.3, -0.25) is 0 Å². The lowest BCUT2D eigenvalue weighted by Gasteiger charge is -1.90. The van der Waals surface area contributed by atoms with Crippen LogP contribution in [0.4, 0.5) is 4.39 Å². The predicted molar refractivity (Wildman–Crippen MR) is 110 cm³/mol. The van der Waals surface area contributed by atoms with Crippen LogP contribution in [0.2, 0.25) is 0 Å². The molecule has 0 amide bonds. The highest BCUT2D eigenvalue weighted by atomic mass is 35.5. The fraction of sp³-hybridized carbons (Fsp3) is 1.00. The summed E-state index contributed by atoms with van der Waals surface area (Å²) in [6.45, 7) is 26.5. The maximum atomic E-state index is 11.0. The topological polar surface area (TPSA) is 0 Å². The summed E-state index contributed by atoms with van der Waals surface area (Å²) >= 11 is 5.27. The highest BCUT2D eigenvalue weighted by Gasteiger charge is 1.80. The Bertz CT molecular complexity index is 94.6. The van der Waals surface area contributed by atoms with E-state index in [0.717, 1.165) is 17.8 Å². The van der Waals surface area contributed by atoms with Crippen LogP contribution in [0, 0.1) is 17.8 Å². The normalized spacial score (nSPS) is 8.73. The highest BCUT2D eigenvalue weighted by Crippen LogP contribution is 1.93. The van der Waals surface area contributed by atoms with Crippen LogP contribution in [0.5, 0.6) is 0 Å². The molecule has 0 spiro atoms. The zero-order chi connectivity index (χ0) is 18.6. The lowest BCUT2D eigenvalue weighted by molar-refractivity contribution is 0.391. The van der Waals surface area contributed by atoms with Crippen molar-refractivity contribution in [3.8, 4) is 0 Å². The lowest BCUT2D eigenvalue weighted by Crippen LogP contribution is -1.77. The minimum atomic E-state index is -0.667. The number of hydrogen-bond acceptors (Lipinski definition) is 0. The molecule has 0 aliphatic heterocycles. The van der Waals surface area contributed by atoms with Gasteiger partial charge in [0.15, 0.2) is 0 Å². The maximum absolute atomic E-state index is 11.0. The summed E-state index contributed by atoms with van der Waals surface area (Å²) in [6, 6.07) is 0. The highest BCUT2D eigenvalue weighted by molar-refractivity contribution is 6.20. The Morgan fingerprint density at radius 1 is 0.682 bits per heavy atom. The Labute approximate surface area is 149 Å². The van der Waals surface area contributed by atoms with E-state index in [0.29, 0.717) is 5.38 Å². The van der Waals surface area contributed by atoms with Crippen molar-refractivity contribution in [3.05, 3.63) is 0 Å². The van der Waals surface area contributed by atoms with Gasteiger partial charge in [0.2, 0.25) is 0 Å². The third kappa shape index (κ3) is 1520. The van der Waals surface area contributed by atoms with Crippen LogP contribution in [-0.2, 0) is 0 Å². The molecule has 0 saturated heterocycles. The fourth-order valence-corrected chi connectivity index (χ4v) is 0. The van der Waals surface area contributed by atoms with E-state index in [1.807, 2.05) is 13.8 Å². The molecule has 0 aliphatic carbocycles. The second kappa shape index (κ2) is 33.0. The third-order valence-corrected chi connectivity index (χ3v) is 0.816. The van der Waals surface area contributed by atoms with Gasteiger partial charge < -0.3 is 0 Å². The molecule has 0 rings (SSSR count). The zero-order valence-electron chi connectivity index (χ0n) is 17.3. The minimum Gasteiger partial charge on any atom is -0.248 e. The molecule has 0 aromatic heterocycles. The molecule has 0 atom stereocenters. The summed E-state index contributed by atoms with van der Waals surface area (Å²) in [5, 5.41) is 0.306. The van der Waals surface area contributed by atoms with Crippen LogP contribution in [0.3, 0.4) is 0 Å². The first-order valence-electron chi connectivity index (χ1n) is 8.48. The maximum Gasteiger partial charge on any atom is 0.0945 e. The van der Waals surface area contributed by atoms with Crippen LogP contribution in [0.25, 0.3) is 0 Å². The first kappa shape index (κ1) is 38.0. The minimum absolute atomic E-state index is 0. The van der Waals surface area contributed by atoms with E-state index < -0.39 is 6.17 Å². The van der Waals surface area contributed by atoms with Crippen LogP contribution in [0.15, 0.2) is 0 Å². The monoisotopic (exact) mass is 344 g/mol. The number of halogens is 2. The van der Waals surface area contributed by atoms with E-state index in [1.54, 1.807) is 0 Å². The summed E-state index contributed by atoms with van der Waals surface area (Å²) in [5.41, 5.74) is 0. The second-order valence-corrected chi connectivity index (χ2v) is 8.17. The van der Waals surface area contributed by atoms with Gasteiger partial charge in [0.25, 0.3) is 0 Å². The lowest BCUT2D eigenvalue weighted by atomic mass is 10.2. The molecule has 0 N–H and O–H groups in total. The summed E-state index contributed by atoms with van der Waals surface area (Å²) in [7, 11) is 0. The van der Waals surface area contributed by atoms with Crippen molar-refractivity contribution in [2.45, 2.75) is 115 Å². The second-order valence-electron chi connectivity index (χ2n) is 7.29. The molecule has 0 aromatic rings. The summed E-state index contributed by atoms with van der Waals surface area (Å²) in [5.74, 6) is 2.55. The van der Waals surface area contributed by atoms with Crippen LogP contribution < -0.4 is 0 Å². The quantitative estimate of drug-likeness (QED) is 0.416. The average molecular weight is 345 g/mol. The molecule has 2 heteroatoms. The molecule has 0 nitrogen and oxygen atoms in total. The van der Waals surface area contributed by atoms with Crippen molar-refractivity contribution >= 4 is 11.6 Å². The van der Waals surface area contributed by atoms with Gasteiger partial charge in [0, 0.05) is 5.38 Å². The van der Waals surface area contributed by atoms with E-state index in [-0.39, 0.29) is 7.43 Å². The van der Waals surface area contributed by atoms with Crippen molar-refractivity contribution in [2.75, 3.05) is 0 Å². The van der Waals surface area contributed by atoms with Gasteiger partial charge in [-0.25, -0.2) is 4.39 Å². The van der Waals surface area contributed by atoms with E-state index in [2.05, 4.69) is 62.3 Å². The molecule has 0 saturated carbocycles. The van der Waals surface area contributed by atoms with E-state index in [4.69, 9.17) is 11.6 Å². The van der Waals surface area contributed by atoms with E-state index in [1.165, 1.54) is 20.3 Å². The Hall–Kier alpha value is 0.220. The van der Waals surface area contributed by atoms with Gasteiger partial charge >= 0.3 is 0 Å². The summed E-state index contributed by atoms with van der Waals surface area (Å²) < 4.78 is 11.0. The van der Waals surface area contributed by atoms with Gasteiger partial charge in [-0.2, -0.15) is 0 Å². The molecular formula is C20H50ClF. The van der Waals surface area contributed by atoms with Crippen molar-refractivity contribution in [3.63, 3.8) is 0 Å². The number of alkyl halides is 2. The molecule has 0 unspecified atom stereocenters. The molecule has 0 heterocycles. The summed E-state index contributed by atoms with van der Waals surface area (Å²) in [6.07, 6.45) is 0.639. The Balaban J connectivity index is -0.0000000361. The number of rotatable bonds is 1. The molecule has 0 radical (unpaired) electrons. The Kier molecular flexibility index (Phi) is 57.0. The van der Waals surface area contributed by atoms with Crippen molar-refractivity contribution in [1.82, 2.24) is 0 Å². The van der Waals surface area contributed by atoms with Gasteiger partial charge in [0.1, 0.15) is 0 Å². The first-order chi connectivity index (χ1) is 9.20.